The summed E-state index contributed by atoms with van der Waals surface area (Å²) < 4.78 is 28.2. The molecule has 35 heavy (non-hydrogen) atoms. The van der Waals surface area contributed by atoms with Crippen LogP contribution in [0.5, 0.6) is 0 Å². The molecule has 0 heterocycles. The highest BCUT2D eigenvalue weighted by Crippen LogP contribution is 2.30. The zero-order valence-corrected chi connectivity index (χ0v) is 20.8. The van der Waals surface area contributed by atoms with E-state index in [1.807, 2.05) is 49.4 Å². The van der Waals surface area contributed by atoms with Gasteiger partial charge in [-0.05, 0) is 54.4 Å². The zero-order chi connectivity index (χ0) is 25.0. The highest BCUT2D eigenvalue weighted by atomic mass is 35.5. The molecular weight excluding hydrogens is 482 g/mol. The maximum absolute atomic E-state index is 13.5. The molecule has 1 amide bonds. The van der Waals surface area contributed by atoms with E-state index in [0.717, 1.165) is 26.2 Å². The summed E-state index contributed by atoms with van der Waals surface area (Å²) in [6.07, 6.45) is 1.55. The van der Waals surface area contributed by atoms with Gasteiger partial charge >= 0.3 is 0 Å². The summed E-state index contributed by atoms with van der Waals surface area (Å²) >= 11 is 6.26. The van der Waals surface area contributed by atoms with Crippen LogP contribution in [0.1, 0.15) is 16.7 Å². The third-order valence-electron chi connectivity index (χ3n) is 5.62. The molecule has 6 nitrogen and oxygen atoms in total. The van der Waals surface area contributed by atoms with Crippen LogP contribution in [-0.2, 0) is 14.8 Å². The maximum atomic E-state index is 13.5. The lowest BCUT2D eigenvalue weighted by molar-refractivity contribution is -0.119. The predicted molar refractivity (Wildman–Crippen MR) is 142 cm³/mol. The second kappa shape index (κ2) is 10.3. The molecule has 178 valence electrons. The van der Waals surface area contributed by atoms with Gasteiger partial charge in [-0.2, -0.15) is 5.10 Å². The van der Waals surface area contributed by atoms with E-state index in [1.165, 1.54) is 12.1 Å². The fraction of sp³-hybridized carbons (Fsp3) is 0.111. The van der Waals surface area contributed by atoms with Crippen LogP contribution in [-0.4, -0.2) is 27.1 Å². The third-order valence-corrected chi connectivity index (χ3v) is 7.80. The first-order valence-corrected chi connectivity index (χ1v) is 12.7. The van der Waals surface area contributed by atoms with Gasteiger partial charge in [-0.1, -0.05) is 77.8 Å². The van der Waals surface area contributed by atoms with Crippen LogP contribution >= 0.6 is 11.6 Å². The standard InChI is InChI=1S/C27H24ClN3O3S/c1-19-13-15-23(16-14-19)35(33,34)31(26-12-6-11-25(28)20(26)2)18-27(32)30-29-17-22-9-5-8-21-7-3-4-10-24(21)22/h3-17H,18H2,1-2H3,(H,30,32)/b29-17-. The Morgan fingerprint density at radius 2 is 1.63 bits per heavy atom. The van der Waals surface area contributed by atoms with Crippen molar-refractivity contribution < 1.29 is 13.2 Å². The number of carbonyl (C=O) groups is 1. The van der Waals surface area contributed by atoms with Crippen molar-refractivity contribution in [2.24, 2.45) is 5.10 Å². The van der Waals surface area contributed by atoms with Gasteiger partial charge in [0.2, 0.25) is 0 Å². The quantitative estimate of drug-likeness (QED) is 0.268. The number of fused-ring (bicyclic) bond motifs is 1. The van der Waals surface area contributed by atoms with Crippen LogP contribution < -0.4 is 9.73 Å². The number of amides is 1. The highest BCUT2D eigenvalue weighted by Gasteiger charge is 2.28. The topological polar surface area (TPSA) is 78.8 Å². The first-order valence-electron chi connectivity index (χ1n) is 10.9. The average Bonchev–Trinajstić information content (AvgIpc) is 2.85. The summed E-state index contributed by atoms with van der Waals surface area (Å²) in [7, 11) is -4.05. The maximum Gasteiger partial charge on any atom is 0.264 e. The van der Waals surface area contributed by atoms with Crippen molar-refractivity contribution in [1.29, 1.82) is 0 Å². The van der Waals surface area contributed by atoms with Gasteiger partial charge in [0.15, 0.2) is 0 Å². The van der Waals surface area contributed by atoms with E-state index in [0.29, 0.717) is 16.3 Å². The van der Waals surface area contributed by atoms with Gasteiger partial charge in [0.25, 0.3) is 15.9 Å². The molecule has 1 N–H and O–H groups in total. The van der Waals surface area contributed by atoms with Crippen LogP contribution in [0, 0.1) is 13.8 Å². The second-order valence-electron chi connectivity index (χ2n) is 8.07. The lowest BCUT2D eigenvalue weighted by atomic mass is 10.1. The highest BCUT2D eigenvalue weighted by molar-refractivity contribution is 7.92. The number of carbonyl (C=O) groups excluding carboxylic acids is 1. The van der Waals surface area contributed by atoms with Gasteiger partial charge in [-0.25, -0.2) is 13.8 Å². The monoisotopic (exact) mass is 505 g/mol. The molecule has 0 bridgehead atoms. The van der Waals surface area contributed by atoms with Crippen LogP contribution in [0.15, 0.2) is 94.9 Å². The molecule has 0 aliphatic rings. The summed E-state index contributed by atoms with van der Waals surface area (Å²) in [4.78, 5) is 12.9. The number of hydrogen-bond donors (Lipinski definition) is 1. The Bertz CT molecular complexity index is 1510. The molecule has 0 aliphatic carbocycles. The van der Waals surface area contributed by atoms with Crippen molar-refractivity contribution in [1.82, 2.24) is 5.43 Å². The van der Waals surface area contributed by atoms with Crippen molar-refractivity contribution in [2.75, 3.05) is 10.8 Å². The third kappa shape index (κ3) is 5.37. The number of anilines is 1. The van der Waals surface area contributed by atoms with E-state index in [9.17, 15) is 13.2 Å². The molecule has 0 radical (unpaired) electrons. The predicted octanol–water partition coefficient (Wildman–Crippen LogP) is 5.46. The van der Waals surface area contributed by atoms with Crippen molar-refractivity contribution in [3.63, 3.8) is 0 Å². The Balaban J connectivity index is 1.61. The first kappa shape index (κ1) is 24.4. The van der Waals surface area contributed by atoms with E-state index in [-0.39, 0.29) is 4.90 Å². The number of rotatable bonds is 7. The largest absolute Gasteiger partial charge is 0.271 e. The molecule has 0 fully saturated rings. The lowest BCUT2D eigenvalue weighted by Gasteiger charge is -2.25. The molecule has 0 saturated carbocycles. The molecule has 0 aromatic heterocycles. The molecule has 4 aromatic carbocycles. The fourth-order valence-corrected chi connectivity index (χ4v) is 5.35. The average molecular weight is 506 g/mol. The number of benzene rings is 4. The van der Waals surface area contributed by atoms with Crippen LogP contribution in [0.4, 0.5) is 5.69 Å². The van der Waals surface area contributed by atoms with Gasteiger partial charge in [-0.3, -0.25) is 9.10 Å². The molecule has 0 atom stereocenters. The molecule has 4 aromatic rings. The number of aryl methyl sites for hydroxylation is 1. The second-order valence-corrected chi connectivity index (χ2v) is 10.3. The van der Waals surface area contributed by atoms with Crippen LogP contribution in [0.25, 0.3) is 10.8 Å². The van der Waals surface area contributed by atoms with Gasteiger partial charge in [0.1, 0.15) is 6.54 Å². The van der Waals surface area contributed by atoms with Gasteiger partial charge in [0, 0.05) is 10.6 Å². The van der Waals surface area contributed by atoms with E-state index < -0.39 is 22.5 Å². The zero-order valence-electron chi connectivity index (χ0n) is 19.3. The summed E-state index contributed by atoms with van der Waals surface area (Å²) in [5.41, 5.74) is 5.09. The summed E-state index contributed by atoms with van der Waals surface area (Å²) in [5, 5.41) is 6.52. The molecule has 0 saturated heterocycles. The van der Waals surface area contributed by atoms with Gasteiger partial charge in [-0.15, -0.1) is 0 Å². The Morgan fingerprint density at radius 1 is 0.943 bits per heavy atom. The Morgan fingerprint density at radius 3 is 2.40 bits per heavy atom. The van der Waals surface area contributed by atoms with Crippen molar-refractivity contribution in [3.05, 3.63) is 107 Å². The molecule has 0 unspecified atom stereocenters. The van der Waals surface area contributed by atoms with E-state index in [1.54, 1.807) is 43.5 Å². The van der Waals surface area contributed by atoms with Crippen LogP contribution in [0.2, 0.25) is 5.02 Å². The van der Waals surface area contributed by atoms with E-state index in [4.69, 9.17) is 11.6 Å². The number of sulfonamides is 1. The minimum atomic E-state index is -4.05. The Kier molecular flexibility index (Phi) is 7.19. The Hall–Kier alpha value is -3.68. The SMILES string of the molecule is Cc1ccc(S(=O)(=O)N(CC(=O)N/N=C\c2cccc3ccccc23)c2cccc(Cl)c2C)cc1. The molecule has 8 heteroatoms. The minimum absolute atomic E-state index is 0.0783. The smallest absolute Gasteiger partial charge is 0.264 e. The summed E-state index contributed by atoms with van der Waals surface area (Å²) in [6.45, 7) is 3.12. The fourth-order valence-electron chi connectivity index (χ4n) is 3.71. The lowest BCUT2D eigenvalue weighted by Crippen LogP contribution is -2.40. The van der Waals surface area contributed by atoms with Crippen molar-refractivity contribution in [3.8, 4) is 0 Å². The molecule has 0 aliphatic heterocycles. The van der Waals surface area contributed by atoms with E-state index >= 15 is 0 Å². The number of nitrogens with one attached hydrogen (secondary N) is 1. The van der Waals surface area contributed by atoms with E-state index in [2.05, 4.69) is 10.5 Å². The summed E-state index contributed by atoms with van der Waals surface area (Å²) in [6, 6.07) is 25.0. The molecular formula is C27H24ClN3O3S. The van der Waals surface area contributed by atoms with Crippen molar-refractivity contribution in [2.45, 2.75) is 18.7 Å². The van der Waals surface area contributed by atoms with Crippen LogP contribution in [0.3, 0.4) is 0 Å². The summed E-state index contributed by atoms with van der Waals surface area (Å²) in [5.74, 6) is -0.587. The number of hydrazone groups is 1. The van der Waals surface area contributed by atoms with Gasteiger partial charge in [0.05, 0.1) is 16.8 Å². The number of nitrogens with zero attached hydrogens (tertiary/aromatic N) is 2. The van der Waals surface area contributed by atoms with Crippen molar-refractivity contribution >= 4 is 50.2 Å². The minimum Gasteiger partial charge on any atom is -0.271 e. The number of halogens is 1. The van der Waals surface area contributed by atoms with Gasteiger partial charge < -0.3 is 0 Å². The first-order chi connectivity index (χ1) is 16.8. The number of hydrogen-bond acceptors (Lipinski definition) is 4. The molecule has 0 spiro atoms. The molecule has 4 rings (SSSR count). The Labute approximate surface area is 209 Å². The normalized spacial score (nSPS) is 11.6.